The van der Waals surface area contributed by atoms with E-state index < -0.39 is 30.6 Å². The van der Waals surface area contributed by atoms with Gasteiger partial charge in [-0.2, -0.15) is 0 Å². The summed E-state index contributed by atoms with van der Waals surface area (Å²) in [6.45, 7) is 1.52. The lowest BCUT2D eigenvalue weighted by Gasteiger charge is -2.09. The zero-order chi connectivity index (χ0) is 16.4. The number of nitrogens with one attached hydrogen (secondary N) is 1. The molecule has 22 heavy (non-hydrogen) atoms. The first-order valence-electron chi connectivity index (χ1n) is 6.36. The Balaban J connectivity index is 2.30. The van der Waals surface area contributed by atoms with Crippen molar-refractivity contribution in [2.75, 3.05) is 10.5 Å². The van der Waals surface area contributed by atoms with Gasteiger partial charge in [0.2, 0.25) is 0 Å². The van der Waals surface area contributed by atoms with Gasteiger partial charge < -0.3 is 0 Å². The van der Waals surface area contributed by atoms with Gasteiger partial charge in [0.05, 0.1) is 10.6 Å². The van der Waals surface area contributed by atoms with Crippen molar-refractivity contribution in [2.45, 2.75) is 16.7 Å². The van der Waals surface area contributed by atoms with Crippen LogP contribution in [0.5, 0.6) is 0 Å². The Morgan fingerprint density at radius 2 is 1.55 bits per heavy atom. The molecule has 0 bridgehead atoms. The largest absolute Gasteiger partial charge is 0.280 e. The van der Waals surface area contributed by atoms with Crippen LogP contribution in [0.25, 0.3) is 0 Å². The summed E-state index contributed by atoms with van der Waals surface area (Å²) in [4.78, 5) is -0.371. The van der Waals surface area contributed by atoms with Gasteiger partial charge in [0, 0.05) is 5.69 Å². The van der Waals surface area contributed by atoms with Gasteiger partial charge in [-0.1, -0.05) is 19.1 Å². The molecule has 0 atom stereocenters. The number of hydrogen-bond acceptors (Lipinski definition) is 4. The highest BCUT2D eigenvalue weighted by atomic mass is 32.2. The molecule has 0 fully saturated rings. The summed E-state index contributed by atoms with van der Waals surface area (Å²) in [5.74, 6) is -0.909. The third-order valence-corrected chi connectivity index (χ3v) is 6.14. The van der Waals surface area contributed by atoms with E-state index in [1.165, 1.54) is 43.3 Å². The van der Waals surface area contributed by atoms with E-state index in [1.807, 2.05) is 0 Å². The number of anilines is 1. The van der Waals surface area contributed by atoms with E-state index in [0.29, 0.717) is 0 Å². The Labute approximate surface area is 128 Å². The minimum atomic E-state index is -4.07. The third kappa shape index (κ3) is 3.45. The fourth-order valence-corrected chi connectivity index (χ4v) is 3.79. The molecule has 2 aromatic carbocycles. The summed E-state index contributed by atoms with van der Waals surface area (Å²) < 4.78 is 63.3. The SMILES string of the molecule is CCS(=O)(=O)c1ccc(NS(=O)(=O)c2ccccc2F)cc1. The first-order chi connectivity index (χ1) is 10.3. The smallest absolute Gasteiger partial charge is 0.264 e. The average Bonchev–Trinajstić information content (AvgIpc) is 2.47. The monoisotopic (exact) mass is 343 g/mol. The van der Waals surface area contributed by atoms with Crippen molar-refractivity contribution >= 4 is 25.5 Å². The van der Waals surface area contributed by atoms with E-state index in [-0.39, 0.29) is 16.3 Å². The van der Waals surface area contributed by atoms with Crippen molar-refractivity contribution in [3.05, 3.63) is 54.3 Å². The molecule has 2 rings (SSSR count). The van der Waals surface area contributed by atoms with Gasteiger partial charge in [0.25, 0.3) is 10.0 Å². The zero-order valence-corrected chi connectivity index (χ0v) is 13.3. The number of hydrogen-bond donors (Lipinski definition) is 1. The highest BCUT2D eigenvalue weighted by Gasteiger charge is 2.19. The van der Waals surface area contributed by atoms with Gasteiger partial charge in [-0.25, -0.2) is 21.2 Å². The van der Waals surface area contributed by atoms with Crippen LogP contribution in [0.2, 0.25) is 0 Å². The quantitative estimate of drug-likeness (QED) is 0.904. The van der Waals surface area contributed by atoms with Gasteiger partial charge in [0.1, 0.15) is 10.7 Å². The molecule has 1 N–H and O–H groups in total. The molecule has 0 heterocycles. The molecule has 0 aliphatic heterocycles. The van der Waals surface area contributed by atoms with Gasteiger partial charge >= 0.3 is 0 Å². The normalized spacial score (nSPS) is 12.1. The summed E-state index contributed by atoms with van der Waals surface area (Å²) in [7, 11) is -7.43. The van der Waals surface area contributed by atoms with Crippen molar-refractivity contribution in [2.24, 2.45) is 0 Å². The molecule has 0 aliphatic rings. The Bertz CT molecular complexity index is 875. The van der Waals surface area contributed by atoms with Crippen LogP contribution in [0.3, 0.4) is 0 Å². The standard InChI is InChI=1S/C14H14FNO4S2/c1-2-21(17,18)12-9-7-11(8-10-12)16-22(19,20)14-6-4-3-5-13(14)15/h3-10,16H,2H2,1H3. The van der Waals surface area contributed by atoms with Gasteiger partial charge in [0.15, 0.2) is 9.84 Å². The Kier molecular flexibility index (Phi) is 4.52. The molecule has 0 saturated carbocycles. The summed E-state index contributed by atoms with van der Waals surface area (Å²) in [6, 6.07) is 10.2. The van der Waals surface area contributed by atoms with Crippen molar-refractivity contribution in [1.82, 2.24) is 0 Å². The van der Waals surface area contributed by atoms with Crippen LogP contribution in [0.1, 0.15) is 6.92 Å². The minimum absolute atomic E-state index is 0.0483. The highest BCUT2D eigenvalue weighted by molar-refractivity contribution is 7.92. The first-order valence-corrected chi connectivity index (χ1v) is 9.50. The van der Waals surface area contributed by atoms with Crippen LogP contribution < -0.4 is 4.72 Å². The number of sulfonamides is 1. The molecule has 0 radical (unpaired) electrons. The minimum Gasteiger partial charge on any atom is -0.280 e. The molecule has 0 saturated heterocycles. The fraction of sp³-hybridized carbons (Fsp3) is 0.143. The van der Waals surface area contributed by atoms with Crippen LogP contribution in [-0.2, 0) is 19.9 Å². The summed E-state index contributed by atoms with van der Waals surface area (Å²) in [6.07, 6.45) is 0. The van der Waals surface area contributed by atoms with Crippen LogP contribution in [0.15, 0.2) is 58.3 Å². The molecule has 2 aromatic rings. The van der Waals surface area contributed by atoms with Gasteiger partial charge in [-0.3, -0.25) is 4.72 Å². The predicted molar refractivity (Wildman–Crippen MR) is 81.4 cm³/mol. The summed E-state index contributed by atoms with van der Waals surface area (Å²) in [5, 5.41) is 0. The lowest BCUT2D eigenvalue weighted by atomic mass is 10.3. The Hall–Kier alpha value is -1.93. The molecule has 8 heteroatoms. The van der Waals surface area contributed by atoms with E-state index in [2.05, 4.69) is 4.72 Å². The maximum absolute atomic E-state index is 13.6. The van der Waals surface area contributed by atoms with Gasteiger partial charge in [-0.15, -0.1) is 0 Å². The Morgan fingerprint density at radius 3 is 2.09 bits per heavy atom. The number of sulfone groups is 1. The predicted octanol–water partition coefficient (Wildman–Crippen LogP) is 2.42. The molecule has 5 nitrogen and oxygen atoms in total. The summed E-state index contributed by atoms with van der Waals surface area (Å²) >= 11 is 0. The maximum Gasteiger partial charge on any atom is 0.264 e. The van der Waals surface area contributed by atoms with E-state index in [9.17, 15) is 21.2 Å². The van der Waals surface area contributed by atoms with Gasteiger partial charge in [-0.05, 0) is 36.4 Å². The Morgan fingerprint density at radius 1 is 0.955 bits per heavy atom. The van der Waals surface area contributed by atoms with E-state index in [4.69, 9.17) is 0 Å². The highest BCUT2D eigenvalue weighted by Crippen LogP contribution is 2.20. The van der Waals surface area contributed by atoms with Crippen molar-refractivity contribution in [3.8, 4) is 0 Å². The first kappa shape index (κ1) is 16.4. The molecular formula is C14H14FNO4S2. The fourth-order valence-electron chi connectivity index (χ4n) is 1.77. The number of halogens is 1. The molecule has 118 valence electrons. The molecular weight excluding hydrogens is 329 g/mol. The zero-order valence-electron chi connectivity index (χ0n) is 11.7. The van der Waals surface area contributed by atoms with Crippen molar-refractivity contribution in [1.29, 1.82) is 0 Å². The molecule has 0 spiro atoms. The molecule has 0 aliphatic carbocycles. The van der Waals surface area contributed by atoms with E-state index >= 15 is 0 Å². The topological polar surface area (TPSA) is 80.3 Å². The molecule has 0 amide bonds. The van der Waals surface area contributed by atoms with Crippen LogP contribution in [0, 0.1) is 5.82 Å². The second-order valence-electron chi connectivity index (χ2n) is 4.46. The lowest BCUT2D eigenvalue weighted by molar-refractivity contribution is 0.570. The van der Waals surface area contributed by atoms with Crippen LogP contribution in [-0.4, -0.2) is 22.6 Å². The lowest BCUT2D eigenvalue weighted by Crippen LogP contribution is -2.14. The molecule has 0 unspecified atom stereocenters. The van der Waals surface area contributed by atoms with E-state index in [1.54, 1.807) is 0 Å². The summed E-state index contributed by atoms with van der Waals surface area (Å²) in [5.41, 5.74) is 0.151. The van der Waals surface area contributed by atoms with Crippen LogP contribution >= 0.6 is 0 Å². The average molecular weight is 343 g/mol. The second kappa shape index (κ2) is 6.05. The third-order valence-electron chi connectivity index (χ3n) is 2.97. The molecule has 0 aromatic heterocycles. The number of rotatable bonds is 5. The maximum atomic E-state index is 13.6. The van der Waals surface area contributed by atoms with Crippen LogP contribution in [0.4, 0.5) is 10.1 Å². The van der Waals surface area contributed by atoms with Crippen molar-refractivity contribution < 1.29 is 21.2 Å². The van der Waals surface area contributed by atoms with Crippen molar-refractivity contribution in [3.63, 3.8) is 0 Å². The number of benzene rings is 2. The second-order valence-corrected chi connectivity index (χ2v) is 8.39. The van der Waals surface area contributed by atoms with E-state index in [0.717, 1.165) is 12.1 Å².